The molecule has 1 aromatic heterocycles. The normalized spacial score (nSPS) is 11.1. The van der Waals surface area contributed by atoms with Gasteiger partial charge in [-0.15, -0.1) is 35.3 Å². The fourth-order valence-electron chi connectivity index (χ4n) is 1.65. The predicted molar refractivity (Wildman–Crippen MR) is 99.3 cm³/mol. The van der Waals surface area contributed by atoms with E-state index >= 15 is 0 Å². The van der Waals surface area contributed by atoms with E-state index in [2.05, 4.69) is 41.4 Å². The highest BCUT2D eigenvalue weighted by Gasteiger charge is 2.01. The molecule has 1 aromatic rings. The maximum atomic E-state index is 4.57. The Morgan fingerprint density at radius 1 is 1.25 bits per heavy atom. The lowest BCUT2D eigenvalue weighted by molar-refractivity contribution is 0.683. The number of unbranched alkanes of at least 4 members (excludes halogenated alkanes) is 2. The molecule has 0 aromatic carbocycles. The van der Waals surface area contributed by atoms with Crippen LogP contribution in [0.2, 0.25) is 0 Å². The van der Waals surface area contributed by atoms with Crippen molar-refractivity contribution >= 4 is 41.3 Å². The highest BCUT2D eigenvalue weighted by atomic mass is 127. The lowest BCUT2D eigenvalue weighted by atomic mass is 10.2. The number of thiazole rings is 1. The van der Waals surface area contributed by atoms with E-state index in [1.54, 1.807) is 11.3 Å². The van der Waals surface area contributed by atoms with Crippen molar-refractivity contribution in [3.8, 4) is 0 Å². The van der Waals surface area contributed by atoms with Crippen LogP contribution in [0, 0.1) is 0 Å². The second kappa shape index (κ2) is 12.4. The number of hydrogen-bond acceptors (Lipinski definition) is 3. The molecule has 6 heteroatoms. The third-order valence-electron chi connectivity index (χ3n) is 2.74. The Bertz CT molecular complexity index is 379. The van der Waals surface area contributed by atoms with Crippen LogP contribution in [0.3, 0.4) is 0 Å². The molecule has 0 amide bonds. The van der Waals surface area contributed by atoms with Crippen LogP contribution in [0.1, 0.15) is 49.9 Å². The number of halogens is 1. The van der Waals surface area contributed by atoms with Crippen LogP contribution in [-0.2, 0) is 13.0 Å². The van der Waals surface area contributed by atoms with Crippen LogP contribution in [0.25, 0.3) is 0 Å². The highest BCUT2D eigenvalue weighted by molar-refractivity contribution is 14.0. The molecule has 4 nitrogen and oxygen atoms in total. The molecule has 0 unspecified atom stereocenters. The minimum Gasteiger partial charge on any atom is -0.357 e. The first kappa shape index (κ1) is 19.6. The SMILES string of the molecule is CCCCCNC(=NCc1ncc(CC)s1)NCC.I. The number of rotatable bonds is 8. The molecule has 1 rings (SSSR count). The Kier molecular flexibility index (Phi) is 12.1. The number of aliphatic imine (C=N–C) groups is 1. The monoisotopic (exact) mass is 410 g/mol. The Morgan fingerprint density at radius 2 is 2.05 bits per heavy atom. The Labute approximate surface area is 143 Å². The minimum absolute atomic E-state index is 0. The number of nitrogens with zero attached hydrogens (tertiary/aromatic N) is 2. The summed E-state index contributed by atoms with van der Waals surface area (Å²) in [6.45, 7) is 8.98. The highest BCUT2D eigenvalue weighted by Crippen LogP contribution is 2.13. The van der Waals surface area contributed by atoms with Gasteiger partial charge in [0, 0.05) is 24.2 Å². The van der Waals surface area contributed by atoms with Crippen molar-refractivity contribution in [2.24, 2.45) is 4.99 Å². The number of aromatic nitrogens is 1. The number of nitrogens with one attached hydrogen (secondary N) is 2. The van der Waals surface area contributed by atoms with Crippen LogP contribution in [0.5, 0.6) is 0 Å². The third kappa shape index (κ3) is 8.04. The largest absolute Gasteiger partial charge is 0.357 e. The molecule has 0 aliphatic heterocycles. The molecule has 1 heterocycles. The van der Waals surface area contributed by atoms with Crippen molar-refractivity contribution < 1.29 is 0 Å². The molecular weight excluding hydrogens is 383 g/mol. The molecule has 0 aliphatic carbocycles. The van der Waals surface area contributed by atoms with Crippen LogP contribution in [0.4, 0.5) is 0 Å². The molecule has 0 fully saturated rings. The fourth-order valence-corrected chi connectivity index (χ4v) is 2.44. The number of guanidine groups is 1. The van der Waals surface area contributed by atoms with Crippen LogP contribution < -0.4 is 10.6 Å². The van der Waals surface area contributed by atoms with E-state index in [4.69, 9.17) is 0 Å². The first-order valence-corrected chi connectivity index (χ1v) is 8.07. The molecule has 0 radical (unpaired) electrons. The Balaban J connectivity index is 0.00000361. The molecule has 0 bridgehead atoms. The quantitative estimate of drug-likeness (QED) is 0.298. The summed E-state index contributed by atoms with van der Waals surface area (Å²) >= 11 is 1.75. The van der Waals surface area contributed by atoms with Crippen molar-refractivity contribution in [2.75, 3.05) is 13.1 Å². The molecule has 20 heavy (non-hydrogen) atoms. The van der Waals surface area contributed by atoms with Crippen molar-refractivity contribution in [3.05, 3.63) is 16.1 Å². The second-order valence-electron chi connectivity index (χ2n) is 4.40. The van der Waals surface area contributed by atoms with E-state index < -0.39 is 0 Å². The van der Waals surface area contributed by atoms with Gasteiger partial charge in [0.05, 0.1) is 6.54 Å². The summed E-state index contributed by atoms with van der Waals surface area (Å²) in [5, 5.41) is 7.71. The van der Waals surface area contributed by atoms with Crippen molar-refractivity contribution in [1.29, 1.82) is 0 Å². The van der Waals surface area contributed by atoms with E-state index in [1.807, 2.05) is 6.20 Å². The molecule has 0 atom stereocenters. The van der Waals surface area contributed by atoms with Gasteiger partial charge in [-0.05, 0) is 19.8 Å². The molecular formula is C14H27IN4S. The van der Waals surface area contributed by atoms with Crippen molar-refractivity contribution in [2.45, 2.75) is 53.0 Å². The maximum absolute atomic E-state index is 4.57. The van der Waals surface area contributed by atoms with Crippen molar-refractivity contribution in [1.82, 2.24) is 15.6 Å². The van der Waals surface area contributed by atoms with Gasteiger partial charge < -0.3 is 10.6 Å². The minimum atomic E-state index is 0. The number of aryl methyl sites for hydroxylation is 1. The summed E-state index contributed by atoms with van der Waals surface area (Å²) < 4.78 is 0. The van der Waals surface area contributed by atoms with E-state index in [0.717, 1.165) is 30.5 Å². The van der Waals surface area contributed by atoms with Gasteiger partial charge in [-0.2, -0.15) is 0 Å². The van der Waals surface area contributed by atoms with Crippen LogP contribution in [-0.4, -0.2) is 24.0 Å². The molecule has 0 saturated heterocycles. The van der Waals surface area contributed by atoms with Gasteiger partial charge in [0.25, 0.3) is 0 Å². The van der Waals surface area contributed by atoms with Gasteiger partial charge in [0.15, 0.2) is 5.96 Å². The lowest BCUT2D eigenvalue weighted by Gasteiger charge is -2.10. The fraction of sp³-hybridized carbons (Fsp3) is 0.714. The smallest absolute Gasteiger partial charge is 0.191 e. The number of hydrogen-bond donors (Lipinski definition) is 2. The zero-order valence-corrected chi connectivity index (χ0v) is 15.9. The summed E-state index contributed by atoms with van der Waals surface area (Å²) in [5.74, 6) is 0.895. The summed E-state index contributed by atoms with van der Waals surface area (Å²) in [5.41, 5.74) is 0. The van der Waals surface area contributed by atoms with Gasteiger partial charge >= 0.3 is 0 Å². The van der Waals surface area contributed by atoms with E-state index in [1.165, 1.54) is 24.1 Å². The Hall–Kier alpha value is -0.370. The third-order valence-corrected chi connectivity index (χ3v) is 3.87. The summed E-state index contributed by atoms with van der Waals surface area (Å²) in [4.78, 5) is 10.3. The summed E-state index contributed by atoms with van der Waals surface area (Å²) in [7, 11) is 0. The van der Waals surface area contributed by atoms with Gasteiger partial charge in [-0.25, -0.2) is 9.98 Å². The van der Waals surface area contributed by atoms with Gasteiger partial charge in [-0.1, -0.05) is 26.7 Å². The van der Waals surface area contributed by atoms with E-state index in [-0.39, 0.29) is 24.0 Å². The average Bonchev–Trinajstić information content (AvgIpc) is 2.88. The molecule has 0 aliphatic rings. The zero-order valence-electron chi connectivity index (χ0n) is 12.7. The zero-order chi connectivity index (χ0) is 13.9. The second-order valence-corrected chi connectivity index (χ2v) is 5.60. The van der Waals surface area contributed by atoms with Crippen LogP contribution >= 0.6 is 35.3 Å². The van der Waals surface area contributed by atoms with E-state index in [0.29, 0.717) is 6.54 Å². The van der Waals surface area contributed by atoms with Gasteiger partial charge in [0.1, 0.15) is 5.01 Å². The summed E-state index contributed by atoms with van der Waals surface area (Å²) in [6.07, 6.45) is 6.71. The molecule has 2 N–H and O–H groups in total. The van der Waals surface area contributed by atoms with Crippen LogP contribution in [0.15, 0.2) is 11.2 Å². The predicted octanol–water partition coefficient (Wildman–Crippen LogP) is 3.57. The molecule has 0 saturated carbocycles. The molecule has 0 spiro atoms. The topological polar surface area (TPSA) is 49.3 Å². The maximum Gasteiger partial charge on any atom is 0.191 e. The van der Waals surface area contributed by atoms with E-state index in [9.17, 15) is 0 Å². The van der Waals surface area contributed by atoms with Gasteiger partial charge in [-0.3, -0.25) is 0 Å². The first-order valence-electron chi connectivity index (χ1n) is 7.25. The van der Waals surface area contributed by atoms with Gasteiger partial charge in [0.2, 0.25) is 0 Å². The average molecular weight is 410 g/mol. The van der Waals surface area contributed by atoms with Crippen molar-refractivity contribution in [3.63, 3.8) is 0 Å². The molecule has 116 valence electrons. The Morgan fingerprint density at radius 3 is 2.65 bits per heavy atom. The summed E-state index contributed by atoms with van der Waals surface area (Å²) in [6, 6.07) is 0. The lowest BCUT2D eigenvalue weighted by Crippen LogP contribution is -2.37. The standard InChI is InChI=1S/C14H26N4S.HI/c1-4-7-8-9-16-14(15-6-3)18-11-13-17-10-12(5-2)19-13;/h10H,4-9,11H2,1-3H3,(H2,15,16,18);1H. The first-order chi connectivity index (χ1) is 9.30.